The summed E-state index contributed by atoms with van der Waals surface area (Å²) in [6.45, 7) is 0.0462. The summed E-state index contributed by atoms with van der Waals surface area (Å²) in [5, 5.41) is 22.9. The number of aromatic nitrogens is 1. The summed E-state index contributed by atoms with van der Waals surface area (Å²) in [4.78, 5) is 10.1. The van der Waals surface area contributed by atoms with Gasteiger partial charge in [-0.15, -0.1) is 0 Å². The fourth-order valence-corrected chi connectivity index (χ4v) is 1.53. The number of rotatable bonds is 6. The lowest BCUT2D eigenvalue weighted by atomic mass is 10.1. The molecule has 19 heavy (non-hydrogen) atoms. The highest BCUT2D eigenvalue weighted by Crippen LogP contribution is 2.18. The van der Waals surface area contributed by atoms with Crippen LogP contribution in [0.15, 0.2) is 34.9 Å². The molecule has 0 aliphatic rings. The average Bonchev–Trinajstić information content (AvgIpc) is 2.84. The van der Waals surface area contributed by atoms with Crippen molar-refractivity contribution in [3.63, 3.8) is 0 Å². The number of benzene rings is 1. The Morgan fingerprint density at radius 2 is 2.11 bits per heavy atom. The predicted molar refractivity (Wildman–Crippen MR) is 65.0 cm³/mol. The van der Waals surface area contributed by atoms with Gasteiger partial charge >= 0.3 is 5.95 Å². The summed E-state index contributed by atoms with van der Waals surface area (Å²) < 4.78 is 9.96. The summed E-state index contributed by atoms with van der Waals surface area (Å²) in [6, 6.07) is 7.84. The molecule has 0 spiro atoms. The van der Waals surface area contributed by atoms with E-state index in [0.717, 1.165) is 5.56 Å². The van der Waals surface area contributed by atoms with Gasteiger partial charge in [0.15, 0.2) is 0 Å². The van der Waals surface area contributed by atoms with Gasteiger partial charge < -0.3 is 14.4 Å². The average molecular weight is 264 g/mol. The molecule has 1 aromatic carbocycles. The van der Waals surface area contributed by atoms with Crippen molar-refractivity contribution >= 4 is 5.69 Å². The first-order valence-corrected chi connectivity index (χ1v) is 5.61. The maximum atomic E-state index is 10.5. The molecule has 7 heteroatoms. The fraction of sp³-hybridized carbons (Fsp3) is 0.250. The highest BCUT2D eigenvalue weighted by Gasteiger charge is 2.08. The van der Waals surface area contributed by atoms with Crippen LogP contribution >= 0.6 is 0 Å². The molecule has 0 amide bonds. The molecule has 0 fully saturated rings. The van der Waals surface area contributed by atoms with Crippen LogP contribution in [0.4, 0.5) is 5.69 Å². The molecular weight excluding hydrogens is 252 g/mol. The normalized spacial score (nSPS) is 10.4. The monoisotopic (exact) mass is 264 g/mol. The summed E-state index contributed by atoms with van der Waals surface area (Å²) in [7, 11) is 0. The van der Waals surface area contributed by atoms with Crippen molar-refractivity contribution in [3.05, 3.63) is 51.7 Å². The van der Waals surface area contributed by atoms with Crippen LogP contribution in [-0.2, 0) is 6.42 Å². The Hall–Kier alpha value is -2.41. The molecule has 7 nitrogen and oxygen atoms in total. The molecule has 2 aromatic rings. The Bertz CT molecular complexity index is 550. The SMILES string of the molecule is O=[N+]([O-])c1ccc(Cc2cc(OCCO)on2)cc1. The van der Waals surface area contributed by atoms with E-state index < -0.39 is 4.92 Å². The molecule has 100 valence electrons. The largest absolute Gasteiger partial charge is 0.461 e. The Morgan fingerprint density at radius 1 is 1.37 bits per heavy atom. The number of nitro benzene ring substituents is 1. The van der Waals surface area contributed by atoms with E-state index in [1.807, 2.05) is 0 Å². The Morgan fingerprint density at radius 3 is 2.74 bits per heavy atom. The Balaban J connectivity index is 2.00. The number of nitrogens with zero attached hydrogens (tertiary/aromatic N) is 2. The van der Waals surface area contributed by atoms with Crippen LogP contribution in [-0.4, -0.2) is 28.4 Å². The highest BCUT2D eigenvalue weighted by atomic mass is 16.6. The van der Waals surface area contributed by atoms with E-state index in [1.165, 1.54) is 12.1 Å². The summed E-state index contributed by atoms with van der Waals surface area (Å²) in [6.07, 6.45) is 0.490. The second-order valence-corrected chi connectivity index (χ2v) is 3.81. The molecule has 2 rings (SSSR count). The molecule has 0 saturated heterocycles. The van der Waals surface area contributed by atoms with Crippen LogP contribution in [0.25, 0.3) is 0 Å². The molecule has 0 radical (unpaired) electrons. The van der Waals surface area contributed by atoms with Crippen molar-refractivity contribution in [1.29, 1.82) is 0 Å². The molecule has 0 aliphatic heterocycles. The lowest BCUT2D eigenvalue weighted by Gasteiger charge is -1.97. The Labute approximate surface area is 108 Å². The van der Waals surface area contributed by atoms with E-state index in [2.05, 4.69) is 5.16 Å². The van der Waals surface area contributed by atoms with Crippen LogP contribution in [0.2, 0.25) is 0 Å². The second kappa shape index (κ2) is 5.96. The molecule has 1 heterocycles. The van der Waals surface area contributed by atoms with E-state index in [9.17, 15) is 10.1 Å². The molecule has 1 N–H and O–H groups in total. The zero-order chi connectivity index (χ0) is 13.7. The molecule has 0 atom stereocenters. The predicted octanol–water partition coefficient (Wildman–Crippen LogP) is 1.54. The number of non-ortho nitro benzene ring substituents is 1. The summed E-state index contributed by atoms with van der Waals surface area (Å²) >= 11 is 0. The third-order valence-corrected chi connectivity index (χ3v) is 2.41. The first-order chi connectivity index (χ1) is 9.19. The van der Waals surface area contributed by atoms with Gasteiger partial charge in [-0.25, -0.2) is 0 Å². The quantitative estimate of drug-likeness (QED) is 0.627. The third-order valence-electron chi connectivity index (χ3n) is 2.41. The maximum absolute atomic E-state index is 10.5. The minimum Gasteiger partial charge on any atom is -0.461 e. The van der Waals surface area contributed by atoms with Crippen molar-refractivity contribution in [2.24, 2.45) is 0 Å². The molecule has 0 bridgehead atoms. The van der Waals surface area contributed by atoms with Gasteiger partial charge in [0.25, 0.3) is 5.69 Å². The first-order valence-electron chi connectivity index (χ1n) is 5.61. The van der Waals surface area contributed by atoms with Crippen molar-refractivity contribution in [1.82, 2.24) is 5.16 Å². The number of ether oxygens (including phenoxy) is 1. The fourth-order valence-electron chi connectivity index (χ4n) is 1.53. The van der Waals surface area contributed by atoms with Gasteiger partial charge in [-0.05, 0) is 5.56 Å². The van der Waals surface area contributed by atoms with Crippen LogP contribution in [0, 0.1) is 10.1 Å². The van der Waals surface area contributed by atoms with Gasteiger partial charge in [-0.3, -0.25) is 10.1 Å². The lowest BCUT2D eigenvalue weighted by molar-refractivity contribution is -0.384. The van der Waals surface area contributed by atoms with Crippen LogP contribution in [0.5, 0.6) is 5.95 Å². The number of aliphatic hydroxyl groups is 1. The molecule has 1 aromatic heterocycles. The minimum atomic E-state index is -0.444. The van der Waals surface area contributed by atoms with Gasteiger partial charge in [-0.2, -0.15) is 0 Å². The number of nitro groups is 1. The highest BCUT2D eigenvalue weighted by molar-refractivity contribution is 5.34. The van der Waals surface area contributed by atoms with Gasteiger partial charge in [-0.1, -0.05) is 17.3 Å². The zero-order valence-corrected chi connectivity index (χ0v) is 9.98. The smallest absolute Gasteiger partial charge is 0.311 e. The van der Waals surface area contributed by atoms with Gasteiger partial charge in [0.1, 0.15) is 6.61 Å². The van der Waals surface area contributed by atoms with Crippen LogP contribution in [0.3, 0.4) is 0 Å². The van der Waals surface area contributed by atoms with E-state index in [0.29, 0.717) is 12.1 Å². The Kier molecular flexibility index (Phi) is 4.09. The van der Waals surface area contributed by atoms with Crippen molar-refractivity contribution in [2.75, 3.05) is 13.2 Å². The van der Waals surface area contributed by atoms with E-state index in [4.69, 9.17) is 14.4 Å². The van der Waals surface area contributed by atoms with Crippen LogP contribution < -0.4 is 4.74 Å². The van der Waals surface area contributed by atoms with Crippen molar-refractivity contribution < 1.29 is 19.3 Å². The van der Waals surface area contributed by atoms with Gasteiger partial charge in [0, 0.05) is 24.6 Å². The minimum absolute atomic E-state index is 0.0517. The number of hydrogen-bond acceptors (Lipinski definition) is 6. The summed E-state index contributed by atoms with van der Waals surface area (Å²) in [5.74, 6) is 0.242. The van der Waals surface area contributed by atoms with E-state index in [-0.39, 0.29) is 24.8 Å². The summed E-state index contributed by atoms with van der Waals surface area (Å²) in [5.41, 5.74) is 1.59. The van der Waals surface area contributed by atoms with Crippen LogP contribution in [0.1, 0.15) is 11.3 Å². The van der Waals surface area contributed by atoms with Gasteiger partial charge in [0.2, 0.25) is 0 Å². The molecular formula is C12H12N2O5. The second-order valence-electron chi connectivity index (χ2n) is 3.81. The van der Waals surface area contributed by atoms with Gasteiger partial charge in [0.05, 0.1) is 17.2 Å². The zero-order valence-electron chi connectivity index (χ0n) is 9.98. The molecule has 0 unspecified atom stereocenters. The third kappa shape index (κ3) is 3.52. The van der Waals surface area contributed by atoms with E-state index in [1.54, 1.807) is 18.2 Å². The molecule has 0 saturated carbocycles. The van der Waals surface area contributed by atoms with E-state index >= 15 is 0 Å². The van der Waals surface area contributed by atoms with Crippen molar-refractivity contribution in [2.45, 2.75) is 6.42 Å². The van der Waals surface area contributed by atoms with Crippen molar-refractivity contribution in [3.8, 4) is 5.95 Å². The first kappa shape index (κ1) is 13.0. The standard InChI is InChI=1S/C12H12N2O5/c15-5-6-18-12-8-10(13-19-12)7-9-1-3-11(4-2-9)14(16)17/h1-4,8,15H,5-7H2. The number of aliphatic hydroxyl groups excluding tert-OH is 1. The number of hydrogen-bond donors (Lipinski definition) is 1. The maximum Gasteiger partial charge on any atom is 0.311 e. The molecule has 0 aliphatic carbocycles. The lowest BCUT2D eigenvalue weighted by Crippen LogP contribution is -2.00. The topological polar surface area (TPSA) is 98.6 Å².